The van der Waals surface area contributed by atoms with E-state index < -0.39 is 0 Å². The molecule has 124 valence electrons. The molecule has 1 aromatic carbocycles. The average Bonchev–Trinajstić information content (AvgIpc) is 2.59. The molecule has 0 spiro atoms. The third kappa shape index (κ3) is 4.08. The lowest BCUT2D eigenvalue weighted by Gasteiger charge is -2.32. The topological polar surface area (TPSA) is 62.0 Å². The molecule has 0 bridgehead atoms. The minimum atomic E-state index is 0.376. The van der Waals surface area contributed by atoms with E-state index in [1.807, 2.05) is 0 Å². The fourth-order valence-corrected chi connectivity index (χ4v) is 3.28. The minimum absolute atomic E-state index is 0.376. The van der Waals surface area contributed by atoms with Crippen molar-refractivity contribution in [3.05, 3.63) is 46.3 Å². The zero-order valence-electron chi connectivity index (χ0n) is 13.0. The molecule has 0 aliphatic carbocycles. The summed E-state index contributed by atoms with van der Waals surface area (Å²) in [6, 6.07) is 7.31. The van der Waals surface area contributed by atoms with Crippen LogP contribution in [-0.4, -0.2) is 29.7 Å². The molecule has 0 amide bonds. The van der Waals surface area contributed by atoms with E-state index in [1.54, 1.807) is 30.6 Å². The summed E-state index contributed by atoms with van der Waals surface area (Å²) in [7, 11) is 0. The van der Waals surface area contributed by atoms with Crippen molar-refractivity contribution in [2.24, 2.45) is 5.92 Å². The summed E-state index contributed by atoms with van der Waals surface area (Å²) in [5.74, 6) is 1.80. The number of piperidine rings is 1. The number of anilines is 1. The maximum absolute atomic E-state index is 9.14. The Morgan fingerprint density at radius 3 is 2.46 bits per heavy atom. The highest BCUT2D eigenvalue weighted by atomic mass is 35.5. The summed E-state index contributed by atoms with van der Waals surface area (Å²) in [6.45, 7) is 2.28. The SMILES string of the molecule is N#Cc1nccnc1N1CCC(COc2cc(Cl)cc(Cl)c2)CC1. The van der Waals surface area contributed by atoms with E-state index in [0.717, 1.165) is 25.9 Å². The first-order chi connectivity index (χ1) is 11.7. The smallest absolute Gasteiger partial charge is 0.183 e. The molecule has 0 unspecified atom stereocenters. The van der Waals surface area contributed by atoms with Gasteiger partial charge in [0, 0.05) is 35.5 Å². The molecule has 0 saturated carbocycles. The number of hydrogen-bond acceptors (Lipinski definition) is 5. The van der Waals surface area contributed by atoms with Crippen LogP contribution in [0.15, 0.2) is 30.6 Å². The molecule has 1 aliphatic rings. The van der Waals surface area contributed by atoms with Gasteiger partial charge in [0.1, 0.15) is 11.8 Å². The quantitative estimate of drug-likeness (QED) is 0.823. The number of nitrogens with zero attached hydrogens (tertiary/aromatic N) is 4. The van der Waals surface area contributed by atoms with Crippen LogP contribution in [-0.2, 0) is 0 Å². The molecule has 5 nitrogen and oxygen atoms in total. The molecule has 0 atom stereocenters. The third-order valence-electron chi connectivity index (χ3n) is 4.02. The summed E-state index contributed by atoms with van der Waals surface area (Å²) in [4.78, 5) is 10.5. The van der Waals surface area contributed by atoms with E-state index >= 15 is 0 Å². The highest BCUT2D eigenvalue weighted by Gasteiger charge is 2.23. The lowest BCUT2D eigenvalue weighted by molar-refractivity contribution is 0.222. The van der Waals surface area contributed by atoms with Crippen LogP contribution in [0.4, 0.5) is 5.82 Å². The summed E-state index contributed by atoms with van der Waals surface area (Å²) in [6.07, 6.45) is 5.10. The van der Waals surface area contributed by atoms with E-state index in [4.69, 9.17) is 33.2 Å². The predicted molar refractivity (Wildman–Crippen MR) is 93.6 cm³/mol. The van der Waals surface area contributed by atoms with E-state index in [1.165, 1.54) is 0 Å². The number of ether oxygens (including phenoxy) is 1. The van der Waals surface area contributed by atoms with Crippen molar-refractivity contribution in [3.8, 4) is 11.8 Å². The highest BCUT2D eigenvalue weighted by Crippen LogP contribution is 2.27. The molecule has 7 heteroatoms. The second kappa shape index (κ2) is 7.69. The number of aromatic nitrogens is 2. The largest absolute Gasteiger partial charge is 0.493 e. The molecule has 1 saturated heterocycles. The molecule has 1 aliphatic heterocycles. The first kappa shape index (κ1) is 16.8. The van der Waals surface area contributed by atoms with E-state index in [9.17, 15) is 0 Å². The summed E-state index contributed by atoms with van der Waals surface area (Å²) >= 11 is 12.0. The molecule has 24 heavy (non-hydrogen) atoms. The predicted octanol–water partition coefficient (Wildman–Crippen LogP) is 3.95. The maximum atomic E-state index is 9.14. The lowest BCUT2D eigenvalue weighted by Crippen LogP contribution is -2.36. The van der Waals surface area contributed by atoms with Crippen LogP contribution in [0.5, 0.6) is 5.75 Å². The molecule has 2 heterocycles. The van der Waals surface area contributed by atoms with Gasteiger partial charge in [0.05, 0.1) is 6.61 Å². The fourth-order valence-electron chi connectivity index (χ4n) is 2.78. The van der Waals surface area contributed by atoms with Crippen LogP contribution in [0.2, 0.25) is 10.0 Å². The Bertz CT molecular complexity index is 734. The zero-order chi connectivity index (χ0) is 16.9. The normalized spacial score (nSPS) is 15.1. The van der Waals surface area contributed by atoms with Crippen molar-refractivity contribution >= 4 is 29.0 Å². The van der Waals surface area contributed by atoms with Crippen LogP contribution in [0.25, 0.3) is 0 Å². The van der Waals surface area contributed by atoms with E-state index in [-0.39, 0.29) is 0 Å². The number of rotatable bonds is 4. The van der Waals surface area contributed by atoms with Crippen LogP contribution >= 0.6 is 23.2 Å². The number of benzene rings is 1. The summed E-state index contributed by atoms with van der Waals surface area (Å²) in [5.41, 5.74) is 0.376. The number of halogens is 2. The van der Waals surface area contributed by atoms with Crippen molar-refractivity contribution in [2.75, 3.05) is 24.6 Å². The standard InChI is InChI=1S/C17H16Cl2N4O/c18-13-7-14(19)9-15(8-13)24-11-12-1-5-23(6-2-12)17-16(10-20)21-3-4-22-17/h3-4,7-9,12H,1-2,5-6,11H2. The van der Waals surface area contributed by atoms with Crippen LogP contribution in [0, 0.1) is 17.2 Å². The zero-order valence-corrected chi connectivity index (χ0v) is 14.5. The maximum Gasteiger partial charge on any atom is 0.183 e. The Morgan fingerprint density at radius 2 is 1.79 bits per heavy atom. The van der Waals surface area contributed by atoms with Crippen LogP contribution in [0.3, 0.4) is 0 Å². The number of hydrogen-bond donors (Lipinski definition) is 0. The number of nitriles is 1. The van der Waals surface area contributed by atoms with Gasteiger partial charge in [0.15, 0.2) is 11.5 Å². The second-order valence-corrected chi connectivity index (χ2v) is 6.56. The van der Waals surface area contributed by atoms with Crippen molar-refractivity contribution < 1.29 is 4.74 Å². The van der Waals surface area contributed by atoms with Crippen molar-refractivity contribution in [2.45, 2.75) is 12.8 Å². The van der Waals surface area contributed by atoms with Gasteiger partial charge in [0.25, 0.3) is 0 Å². The van der Waals surface area contributed by atoms with Gasteiger partial charge in [-0.25, -0.2) is 9.97 Å². The van der Waals surface area contributed by atoms with E-state index in [0.29, 0.717) is 39.8 Å². The Balaban J connectivity index is 1.55. The van der Waals surface area contributed by atoms with Crippen molar-refractivity contribution in [1.29, 1.82) is 5.26 Å². The van der Waals surface area contributed by atoms with Gasteiger partial charge in [-0.15, -0.1) is 0 Å². The van der Waals surface area contributed by atoms with Gasteiger partial charge < -0.3 is 9.64 Å². The van der Waals surface area contributed by atoms with Gasteiger partial charge in [-0.2, -0.15) is 5.26 Å². The first-order valence-corrected chi connectivity index (χ1v) is 8.46. The molecular formula is C17H16Cl2N4O. The molecule has 0 radical (unpaired) electrons. The third-order valence-corrected chi connectivity index (χ3v) is 4.46. The molecule has 2 aromatic rings. The Morgan fingerprint density at radius 1 is 1.12 bits per heavy atom. The van der Waals surface area contributed by atoms with Gasteiger partial charge in [-0.1, -0.05) is 23.2 Å². The Kier molecular flexibility index (Phi) is 5.39. The van der Waals surface area contributed by atoms with Gasteiger partial charge in [-0.05, 0) is 37.0 Å². The minimum Gasteiger partial charge on any atom is -0.493 e. The molecule has 1 aromatic heterocycles. The highest BCUT2D eigenvalue weighted by molar-refractivity contribution is 6.34. The van der Waals surface area contributed by atoms with Gasteiger partial charge in [0.2, 0.25) is 0 Å². The van der Waals surface area contributed by atoms with Gasteiger partial charge in [-0.3, -0.25) is 0 Å². The average molecular weight is 363 g/mol. The Hall–Kier alpha value is -2.03. The molecular weight excluding hydrogens is 347 g/mol. The monoisotopic (exact) mass is 362 g/mol. The fraction of sp³-hybridized carbons (Fsp3) is 0.353. The lowest BCUT2D eigenvalue weighted by atomic mass is 9.97. The van der Waals surface area contributed by atoms with E-state index in [2.05, 4.69) is 20.9 Å². The Labute approximate surface area is 150 Å². The van der Waals surface area contributed by atoms with Crippen LogP contribution < -0.4 is 9.64 Å². The van der Waals surface area contributed by atoms with Crippen molar-refractivity contribution in [1.82, 2.24) is 9.97 Å². The summed E-state index contributed by atoms with van der Waals surface area (Å²) < 4.78 is 5.83. The summed E-state index contributed by atoms with van der Waals surface area (Å²) in [5, 5.41) is 10.3. The van der Waals surface area contributed by atoms with Crippen molar-refractivity contribution in [3.63, 3.8) is 0 Å². The second-order valence-electron chi connectivity index (χ2n) is 5.69. The van der Waals surface area contributed by atoms with Gasteiger partial charge >= 0.3 is 0 Å². The molecule has 1 fully saturated rings. The first-order valence-electron chi connectivity index (χ1n) is 7.70. The molecule has 3 rings (SSSR count). The molecule has 0 N–H and O–H groups in total. The van der Waals surface area contributed by atoms with Crippen LogP contribution in [0.1, 0.15) is 18.5 Å².